The molecular weight excluding hydrogens is 310 g/mol. The molecule has 2 unspecified atom stereocenters. The number of allylic oxidation sites excluding steroid dienone is 2. The maximum absolute atomic E-state index is 12.5. The molecule has 6 heteroatoms. The highest BCUT2D eigenvalue weighted by atomic mass is 16.5. The number of nitrogens with one attached hydrogen (secondary N) is 1. The molecule has 6 nitrogen and oxygen atoms in total. The SMILES string of the molecule is COc1ccc(C(CC(=O)O)NC(=O)C2CC=CCC2)c(OC)c1. The minimum absolute atomic E-state index is 0.115. The number of methoxy groups -OCH3 is 2. The van der Waals surface area contributed by atoms with Crippen LogP contribution in [0.15, 0.2) is 30.4 Å². The van der Waals surface area contributed by atoms with Gasteiger partial charge in [0.25, 0.3) is 0 Å². The summed E-state index contributed by atoms with van der Waals surface area (Å²) in [6.45, 7) is 0. The fourth-order valence-electron chi connectivity index (χ4n) is 2.84. The van der Waals surface area contributed by atoms with Crippen LogP contribution in [0, 0.1) is 5.92 Å². The minimum Gasteiger partial charge on any atom is -0.497 e. The molecule has 0 heterocycles. The number of ether oxygens (including phenoxy) is 2. The van der Waals surface area contributed by atoms with E-state index < -0.39 is 12.0 Å². The summed E-state index contributed by atoms with van der Waals surface area (Å²) in [5, 5.41) is 12.1. The Hall–Kier alpha value is -2.50. The molecule has 0 saturated heterocycles. The molecule has 1 aromatic carbocycles. The van der Waals surface area contributed by atoms with E-state index in [1.807, 2.05) is 6.08 Å². The van der Waals surface area contributed by atoms with Gasteiger partial charge in [0, 0.05) is 17.5 Å². The zero-order chi connectivity index (χ0) is 17.5. The van der Waals surface area contributed by atoms with Gasteiger partial charge < -0.3 is 19.9 Å². The Morgan fingerprint density at radius 3 is 2.67 bits per heavy atom. The van der Waals surface area contributed by atoms with Crippen LogP contribution in [0.25, 0.3) is 0 Å². The van der Waals surface area contributed by atoms with Crippen molar-refractivity contribution in [1.29, 1.82) is 0 Å². The van der Waals surface area contributed by atoms with Crippen molar-refractivity contribution in [1.82, 2.24) is 5.32 Å². The van der Waals surface area contributed by atoms with Gasteiger partial charge >= 0.3 is 5.97 Å². The van der Waals surface area contributed by atoms with E-state index in [0.29, 0.717) is 23.5 Å². The molecule has 2 rings (SSSR count). The molecule has 1 aliphatic carbocycles. The summed E-state index contributed by atoms with van der Waals surface area (Å²) >= 11 is 0. The van der Waals surface area contributed by atoms with E-state index in [1.54, 1.807) is 25.3 Å². The van der Waals surface area contributed by atoms with Gasteiger partial charge in [0.2, 0.25) is 5.91 Å². The molecule has 1 aromatic rings. The van der Waals surface area contributed by atoms with Crippen molar-refractivity contribution in [3.63, 3.8) is 0 Å². The van der Waals surface area contributed by atoms with E-state index >= 15 is 0 Å². The number of carbonyl (C=O) groups excluding carboxylic acids is 1. The van der Waals surface area contributed by atoms with E-state index in [2.05, 4.69) is 11.4 Å². The summed E-state index contributed by atoms with van der Waals surface area (Å²) < 4.78 is 10.5. The quantitative estimate of drug-likeness (QED) is 0.750. The van der Waals surface area contributed by atoms with E-state index in [0.717, 1.165) is 12.8 Å². The van der Waals surface area contributed by atoms with E-state index in [1.165, 1.54) is 7.11 Å². The number of carboxylic acid groups (broad SMARTS) is 1. The van der Waals surface area contributed by atoms with Crippen molar-refractivity contribution in [3.05, 3.63) is 35.9 Å². The lowest BCUT2D eigenvalue weighted by atomic mass is 9.92. The van der Waals surface area contributed by atoms with Crippen molar-refractivity contribution < 1.29 is 24.2 Å². The number of rotatable bonds is 7. The molecule has 2 N–H and O–H groups in total. The molecule has 0 fully saturated rings. The minimum atomic E-state index is -0.985. The molecule has 0 spiro atoms. The van der Waals surface area contributed by atoms with Crippen molar-refractivity contribution in [2.75, 3.05) is 14.2 Å². The number of carbonyl (C=O) groups is 2. The van der Waals surface area contributed by atoms with E-state index in [-0.39, 0.29) is 18.2 Å². The number of hydrogen-bond acceptors (Lipinski definition) is 4. The third-order valence-corrected chi connectivity index (χ3v) is 4.15. The predicted molar refractivity (Wildman–Crippen MR) is 89.2 cm³/mol. The third-order valence-electron chi connectivity index (χ3n) is 4.15. The summed E-state index contributed by atoms with van der Waals surface area (Å²) in [6.07, 6.45) is 6.18. The van der Waals surface area contributed by atoms with E-state index in [9.17, 15) is 14.7 Å². The second-order valence-electron chi connectivity index (χ2n) is 5.75. The number of hydrogen-bond donors (Lipinski definition) is 2. The van der Waals surface area contributed by atoms with Crippen molar-refractivity contribution in [3.8, 4) is 11.5 Å². The average molecular weight is 333 g/mol. The fraction of sp³-hybridized carbons (Fsp3) is 0.444. The highest BCUT2D eigenvalue weighted by molar-refractivity contribution is 5.80. The van der Waals surface area contributed by atoms with Crippen molar-refractivity contribution in [2.45, 2.75) is 31.7 Å². The van der Waals surface area contributed by atoms with Gasteiger partial charge in [0.15, 0.2) is 0 Å². The zero-order valence-corrected chi connectivity index (χ0v) is 14.0. The van der Waals surface area contributed by atoms with Crippen molar-refractivity contribution >= 4 is 11.9 Å². The zero-order valence-electron chi connectivity index (χ0n) is 14.0. The summed E-state index contributed by atoms with van der Waals surface area (Å²) in [7, 11) is 3.05. The highest BCUT2D eigenvalue weighted by Crippen LogP contribution is 2.32. The van der Waals surface area contributed by atoms with Crippen LogP contribution in [-0.4, -0.2) is 31.2 Å². The molecule has 0 saturated carbocycles. The van der Waals surface area contributed by atoms with Gasteiger partial charge in [-0.25, -0.2) is 0 Å². The maximum atomic E-state index is 12.5. The standard InChI is InChI=1S/C18H23NO5/c1-23-13-8-9-14(16(10-13)24-2)15(11-17(20)21)19-18(22)12-6-4-3-5-7-12/h3-4,8-10,12,15H,5-7,11H2,1-2H3,(H,19,22)(H,20,21). The second kappa shape index (κ2) is 8.38. The number of carboxylic acids is 1. The van der Waals surface area contributed by atoms with Crippen LogP contribution in [0.3, 0.4) is 0 Å². The highest BCUT2D eigenvalue weighted by Gasteiger charge is 2.26. The van der Waals surface area contributed by atoms with Crippen LogP contribution in [0.5, 0.6) is 11.5 Å². The molecule has 1 amide bonds. The molecule has 24 heavy (non-hydrogen) atoms. The Labute approximate surface area is 141 Å². The Morgan fingerprint density at radius 2 is 2.08 bits per heavy atom. The lowest BCUT2D eigenvalue weighted by molar-refractivity contribution is -0.138. The average Bonchev–Trinajstić information content (AvgIpc) is 2.60. The lowest BCUT2D eigenvalue weighted by Gasteiger charge is -2.24. The summed E-state index contributed by atoms with van der Waals surface area (Å²) in [5.41, 5.74) is 0.625. The van der Waals surface area contributed by atoms with Gasteiger partial charge in [-0.15, -0.1) is 0 Å². The first-order valence-corrected chi connectivity index (χ1v) is 7.94. The fourth-order valence-corrected chi connectivity index (χ4v) is 2.84. The number of amides is 1. The number of benzene rings is 1. The Balaban J connectivity index is 2.23. The Bertz CT molecular complexity index is 626. The van der Waals surface area contributed by atoms with Crippen LogP contribution >= 0.6 is 0 Å². The first-order valence-electron chi connectivity index (χ1n) is 7.94. The van der Waals surface area contributed by atoms with Gasteiger partial charge in [0.1, 0.15) is 11.5 Å². The summed E-state index contributed by atoms with van der Waals surface area (Å²) in [6, 6.07) is 4.48. The molecule has 2 atom stereocenters. The van der Waals surface area contributed by atoms with Gasteiger partial charge in [0.05, 0.1) is 26.7 Å². The smallest absolute Gasteiger partial charge is 0.305 e. The van der Waals surface area contributed by atoms with Crippen LogP contribution in [0.2, 0.25) is 0 Å². The van der Waals surface area contributed by atoms with Gasteiger partial charge in [-0.2, -0.15) is 0 Å². The summed E-state index contributed by atoms with van der Waals surface area (Å²) in [5.74, 6) is -0.126. The Morgan fingerprint density at radius 1 is 1.29 bits per heavy atom. The van der Waals surface area contributed by atoms with E-state index in [4.69, 9.17) is 9.47 Å². The lowest BCUT2D eigenvalue weighted by Crippen LogP contribution is -2.35. The normalized spacial score (nSPS) is 17.8. The maximum Gasteiger partial charge on any atom is 0.305 e. The molecule has 1 aliphatic rings. The van der Waals surface area contributed by atoms with Gasteiger partial charge in [-0.1, -0.05) is 12.2 Å². The molecule has 0 bridgehead atoms. The molecule has 0 aliphatic heterocycles. The van der Waals surface area contributed by atoms with Gasteiger partial charge in [-0.05, 0) is 31.4 Å². The van der Waals surface area contributed by atoms with Crippen molar-refractivity contribution in [2.24, 2.45) is 5.92 Å². The van der Waals surface area contributed by atoms with Crippen LogP contribution in [0.1, 0.15) is 37.3 Å². The molecule has 0 radical (unpaired) electrons. The largest absolute Gasteiger partial charge is 0.497 e. The second-order valence-corrected chi connectivity index (χ2v) is 5.75. The van der Waals surface area contributed by atoms with Crippen LogP contribution < -0.4 is 14.8 Å². The first-order chi connectivity index (χ1) is 11.5. The first kappa shape index (κ1) is 17.8. The third kappa shape index (κ3) is 4.50. The summed E-state index contributed by atoms with van der Waals surface area (Å²) in [4.78, 5) is 23.7. The van der Waals surface area contributed by atoms with Crippen LogP contribution in [-0.2, 0) is 9.59 Å². The van der Waals surface area contributed by atoms with Gasteiger partial charge in [-0.3, -0.25) is 9.59 Å². The molecular formula is C18H23NO5. The number of aliphatic carboxylic acids is 1. The monoisotopic (exact) mass is 333 g/mol. The molecule has 130 valence electrons. The Kier molecular flexibility index (Phi) is 6.23. The topological polar surface area (TPSA) is 84.9 Å². The molecule has 0 aromatic heterocycles. The van der Waals surface area contributed by atoms with Crippen LogP contribution in [0.4, 0.5) is 0 Å². The predicted octanol–water partition coefficient (Wildman–Crippen LogP) is 2.69.